The van der Waals surface area contributed by atoms with Crippen LogP contribution in [-0.4, -0.2) is 143 Å². The number of anilines is 2. The first kappa shape index (κ1) is 57.8. The zero-order valence-electron chi connectivity index (χ0n) is 47.1. The number of likely N-dealkylation sites (tertiary alicyclic amines) is 2. The number of aromatic hydroxyl groups is 2. The summed E-state index contributed by atoms with van der Waals surface area (Å²) in [5.74, 6) is -7.25. The van der Waals surface area contributed by atoms with Crippen LogP contribution in [0.1, 0.15) is 110 Å². The number of hydrogen-bond acceptors (Lipinski definition) is 16. The Labute approximate surface area is 457 Å². The molecule has 18 nitrogen and oxygen atoms in total. The van der Waals surface area contributed by atoms with E-state index in [9.17, 15) is 39.6 Å². The number of nitrogens with zero attached hydrogens (tertiary/aromatic N) is 5. The van der Waals surface area contributed by atoms with E-state index >= 15 is 0 Å². The SMILES string of the molecule is CO[C@H]1/C=C/OC2(C)Oc3c(C)c(O)c4c(O)c(c5c(c4c3C2=O)=NC2(CCN(CC(C)C)CC2)N=5)NC(=O)/C(C)=C\C=C\[C@H](C)[C@H](O)[C@@H](C)[C@@H](O)[C@@H](C)[C@H](OC(=O)CCC(=O)N2CCC(N(C)c3ccccc3)CC2)[C@@H]1C. The lowest BCUT2D eigenvalue weighted by Gasteiger charge is -2.38. The highest BCUT2D eigenvalue weighted by atomic mass is 16.7. The van der Waals surface area contributed by atoms with Crippen molar-refractivity contribution >= 4 is 45.7 Å². The van der Waals surface area contributed by atoms with Gasteiger partial charge in [0.05, 0.1) is 47.3 Å². The number of piperidine rings is 2. The van der Waals surface area contributed by atoms with Gasteiger partial charge >= 0.3 is 11.8 Å². The van der Waals surface area contributed by atoms with Gasteiger partial charge in [0.1, 0.15) is 28.6 Å². The Bertz CT molecular complexity index is 2980. The van der Waals surface area contributed by atoms with E-state index < -0.39 is 82.9 Å². The number of phenolic OH excluding ortho intramolecular Hbond substituents is 2. The summed E-state index contributed by atoms with van der Waals surface area (Å²) >= 11 is 0. The van der Waals surface area contributed by atoms with Crippen molar-refractivity contribution < 1.29 is 58.6 Å². The summed E-state index contributed by atoms with van der Waals surface area (Å²) < 4.78 is 24.8. The first-order chi connectivity index (χ1) is 37.0. The molecule has 1 unspecified atom stereocenters. The number of carbonyl (C=O) groups is 4. The maximum absolute atomic E-state index is 15.0. The van der Waals surface area contributed by atoms with Crippen LogP contribution < -0.4 is 25.7 Å². The zero-order valence-corrected chi connectivity index (χ0v) is 47.1. The maximum atomic E-state index is 15.0. The van der Waals surface area contributed by atoms with Gasteiger partial charge in [-0.2, -0.15) is 0 Å². The summed E-state index contributed by atoms with van der Waals surface area (Å²) in [6, 6.07) is 10.4. The molecule has 2 fully saturated rings. The largest absolute Gasteiger partial charge is 0.507 e. The molecule has 3 aromatic carbocycles. The molecule has 6 aliphatic heterocycles. The van der Waals surface area contributed by atoms with Gasteiger partial charge in [0.2, 0.25) is 5.91 Å². The number of methoxy groups -OCH3 is 1. The zero-order chi connectivity index (χ0) is 56.5. The number of benzene rings is 3. The van der Waals surface area contributed by atoms with Crippen molar-refractivity contribution in [3.05, 3.63) is 88.3 Å². The second-order valence-electron chi connectivity index (χ2n) is 22.9. The fraction of sp³-hybridized carbons (Fsp3) is 0.567. The van der Waals surface area contributed by atoms with Crippen LogP contribution in [0.3, 0.4) is 0 Å². The summed E-state index contributed by atoms with van der Waals surface area (Å²) in [4.78, 5) is 73.3. The number of esters is 1. The van der Waals surface area contributed by atoms with Gasteiger partial charge in [0, 0.05) is 125 Å². The minimum atomic E-state index is -2.02. The molecule has 18 heteroatoms. The Morgan fingerprint density at radius 1 is 0.885 bits per heavy atom. The molecule has 5 N–H and O–H groups in total. The third-order valence-electron chi connectivity index (χ3n) is 16.9. The standard InChI is InChI=1S/C60H80N6O12/c1-33(2)32-65-29-25-60(26-30-65)62-48-45-46-53(71)39(8)56-47(45)57(73)59(9,78-56)76-31-24-42(75-11)36(5)55(77-44(68)21-20-43(67)66-27-22-41(23-28-66)64(10)40-18-13-12-14-19-40)38(7)52(70)37(6)51(69)34(3)16-15-17-35(4)58(74)61-50(54(46)72)49(48)63-60/h12-19,24,31,33-34,36-38,41-42,51-52,55,69-72H,20-23,25-30,32H2,1-11H3,(H,61,74)/b16-15+,31-24+,35-17-/t34-,36+,37+,38+,42-,51-,52+,55+,59?/m0/s1. The Kier molecular flexibility index (Phi) is 17.5. The number of phenols is 2. The highest BCUT2D eigenvalue weighted by Crippen LogP contribution is 2.50. The predicted molar refractivity (Wildman–Crippen MR) is 296 cm³/mol. The number of para-hydroxylation sites is 1. The van der Waals surface area contributed by atoms with Crippen LogP contribution in [-0.2, 0) is 28.6 Å². The smallest absolute Gasteiger partial charge is 0.312 e. The maximum Gasteiger partial charge on any atom is 0.312 e. The lowest BCUT2D eigenvalue weighted by molar-refractivity contribution is -0.164. The normalized spacial score (nSPS) is 29.5. The van der Waals surface area contributed by atoms with Gasteiger partial charge in [-0.15, -0.1) is 0 Å². The fourth-order valence-electron chi connectivity index (χ4n) is 12.0. The van der Waals surface area contributed by atoms with Crippen molar-refractivity contribution in [2.75, 3.05) is 57.1 Å². The summed E-state index contributed by atoms with van der Waals surface area (Å²) in [6.45, 7) is 19.3. The molecule has 0 radical (unpaired) electrons. The number of aliphatic hydroxyl groups is 2. The second-order valence-corrected chi connectivity index (χ2v) is 22.9. The fourth-order valence-corrected chi connectivity index (χ4v) is 12.0. The topological polar surface area (TPSA) is 233 Å². The number of amides is 2. The van der Waals surface area contributed by atoms with Crippen LogP contribution in [0.25, 0.3) is 10.8 Å². The first-order valence-electron chi connectivity index (χ1n) is 27.6. The molecular formula is C60H80N6O12. The number of ketones is 1. The van der Waals surface area contributed by atoms with Gasteiger partial charge < -0.3 is 59.4 Å². The Morgan fingerprint density at radius 2 is 1.55 bits per heavy atom. The highest BCUT2D eigenvalue weighted by molar-refractivity contribution is 6.19. The summed E-state index contributed by atoms with van der Waals surface area (Å²) in [5.41, 5.74) is 0.431. The molecular weight excluding hydrogens is 997 g/mol. The molecule has 0 aromatic heterocycles. The van der Waals surface area contributed by atoms with Crippen molar-refractivity contribution in [1.82, 2.24) is 9.80 Å². The van der Waals surface area contributed by atoms with E-state index in [1.165, 1.54) is 20.3 Å². The number of fused-ring (bicyclic) bond motifs is 13. The number of aliphatic hydroxyl groups excluding tert-OH is 2. The quantitative estimate of drug-likeness (QED) is 0.112. The molecule has 0 aliphatic carbocycles. The number of allylic oxidation sites excluding steroid dienone is 2. The average molecular weight is 1080 g/mol. The van der Waals surface area contributed by atoms with Gasteiger partial charge in [-0.1, -0.05) is 78.0 Å². The summed E-state index contributed by atoms with van der Waals surface area (Å²) in [6.07, 6.45) is 5.82. The van der Waals surface area contributed by atoms with Crippen LogP contribution in [0.15, 0.2) is 76.5 Å². The Hall–Kier alpha value is -6.34. The molecule has 2 amide bonds. The van der Waals surface area contributed by atoms with Crippen molar-refractivity contribution in [3.8, 4) is 17.2 Å². The lowest BCUT2D eigenvalue weighted by atomic mass is 9.78. The van der Waals surface area contributed by atoms with E-state index in [2.05, 4.69) is 48.1 Å². The van der Waals surface area contributed by atoms with E-state index in [0.717, 1.165) is 25.1 Å². The summed E-state index contributed by atoms with van der Waals surface area (Å²) in [5, 5.41) is 51.2. The predicted octanol–water partition coefficient (Wildman–Crippen LogP) is 6.64. The van der Waals surface area contributed by atoms with Gasteiger partial charge in [0.15, 0.2) is 11.4 Å². The van der Waals surface area contributed by atoms with Crippen LogP contribution in [0.2, 0.25) is 0 Å². The molecule has 6 heterocycles. The monoisotopic (exact) mass is 1080 g/mol. The van der Waals surface area contributed by atoms with E-state index in [1.54, 1.807) is 70.7 Å². The molecule has 9 rings (SSSR count). The van der Waals surface area contributed by atoms with Gasteiger partial charge in [-0.05, 0) is 50.8 Å². The number of hydrogen-bond donors (Lipinski definition) is 5. The highest BCUT2D eigenvalue weighted by Gasteiger charge is 2.50. The number of nitrogens with one attached hydrogen (secondary N) is 1. The molecule has 3 aromatic rings. The molecule has 78 heavy (non-hydrogen) atoms. The molecule has 9 atom stereocenters. The second kappa shape index (κ2) is 23.6. The molecule has 6 aliphatic rings. The van der Waals surface area contributed by atoms with Gasteiger partial charge in [0.25, 0.3) is 11.7 Å². The van der Waals surface area contributed by atoms with E-state index in [0.29, 0.717) is 44.9 Å². The Morgan fingerprint density at radius 3 is 2.21 bits per heavy atom. The van der Waals surface area contributed by atoms with E-state index in [4.69, 9.17) is 28.9 Å². The number of ether oxygens (including phenoxy) is 4. The Balaban J connectivity index is 1.11. The number of rotatable bonds is 9. The minimum Gasteiger partial charge on any atom is -0.507 e. The van der Waals surface area contributed by atoms with E-state index in [-0.39, 0.29) is 80.2 Å². The number of Topliss-reactive ketones (excluding diaryl/α,β-unsaturated/α-hetero) is 1. The van der Waals surface area contributed by atoms with Crippen molar-refractivity contribution in [2.45, 2.75) is 143 Å². The van der Waals surface area contributed by atoms with Crippen LogP contribution in [0.4, 0.5) is 11.4 Å². The molecule has 422 valence electrons. The lowest BCUT2D eigenvalue weighted by Crippen LogP contribution is -2.47. The molecule has 5 bridgehead atoms. The van der Waals surface area contributed by atoms with Crippen LogP contribution >= 0.6 is 0 Å². The first-order valence-corrected chi connectivity index (χ1v) is 27.6. The van der Waals surface area contributed by atoms with Crippen molar-refractivity contribution in [1.29, 1.82) is 0 Å². The van der Waals surface area contributed by atoms with Crippen LogP contribution in [0.5, 0.6) is 17.2 Å². The van der Waals surface area contributed by atoms with Crippen molar-refractivity contribution in [2.24, 2.45) is 39.6 Å². The van der Waals surface area contributed by atoms with Crippen molar-refractivity contribution in [3.63, 3.8) is 0 Å². The van der Waals surface area contributed by atoms with Gasteiger partial charge in [-0.3, -0.25) is 29.2 Å². The molecule has 0 saturated carbocycles. The molecule has 2 saturated heterocycles. The third kappa shape index (κ3) is 11.5. The average Bonchev–Trinajstić information content (AvgIpc) is 4.15. The summed E-state index contributed by atoms with van der Waals surface area (Å²) in [7, 11) is 3.52. The van der Waals surface area contributed by atoms with Crippen LogP contribution in [0, 0.1) is 36.5 Å². The number of carbonyl (C=O) groups excluding carboxylic acids is 4. The molecule has 1 spiro atoms. The minimum absolute atomic E-state index is 0.0139. The van der Waals surface area contributed by atoms with Gasteiger partial charge in [-0.25, -0.2) is 0 Å². The third-order valence-corrected chi connectivity index (χ3v) is 16.9. The van der Waals surface area contributed by atoms with E-state index in [1.807, 2.05) is 18.2 Å².